The van der Waals surface area contributed by atoms with E-state index in [1.165, 1.54) is 23.1 Å². The first-order valence-electron chi connectivity index (χ1n) is 5.33. The van der Waals surface area contributed by atoms with E-state index in [1.54, 1.807) is 7.11 Å². The lowest BCUT2D eigenvalue weighted by Crippen LogP contribution is -2.14. The minimum atomic E-state index is -0.0439. The standard InChI is InChI=1S/C10H17N3O2S2/c1-7(2)9-12-13-10(17-9)11-8(14)6-16-5-4-15-3/h7H,4-6H2,1-3H3,(H,11,13,14). The molecule has 1 heterocycles. The van der Waals surface area contributed by atoms with Crippen molar-refractivity contribution in [3.63, 3.8) is 0 Å². The van der Waals surface area contributed by atoms with Crippen LogP contribution in [0.2, 0.25) is 0 Å². The van der Waals surface area contributed by atoms with Gasteiger partial charge in [0, 0.05) is 18.8 Å². The Kier molecular flexibility index (Phi) is 6.46. The quantitative estimate of drug-likeness (QED) is 0.771. The van der Waals surface area contributed by atoms with Crippen LogP contribution in [-0.2, 0) is 9.53 Å². The molecule has 7 heteroatoms. The molecule has 0 saturated carbocycles. The fourth-order valence-electron chi connectivity index (χ4n) is 0.981. The minimum absolute atomic E-state index is 0.0439. The van der Waals surface area contributed by atoms with Crippen molar-refractivity contribution in [2.24, 2.45) is 0 Å². The van der Waals surface area contributed by atoms with Crippen LogP contribution in [-0.4, -0.2) is 41.3 Å². The maximum Gasteiger partial charge on any atom is 0.236 e. The van der Waals surface area contributed by atoms with E-state index >= 15 is 0 Å². The van der Waals surface area contributed by atoms with Gasteiger partial charge in [0.15, 0.2) is 0 Å². The Balaban J connectivity index is 2.29. The molecule has 1 aromatic heterocycles. The highest BCUT2D eigenvalue weighted by atomic mass is 32.2. The van der Waals surface area contributed by atoms with Gasteiger partial charge in [0.1, 0.15) is 5.01 Å². The molecule has 1 N–H and O–H groups in total. The summed E-state index contributed by atoms with van der Waals surface area (Å²) in [4.78, 5) is 11.5. The number of rotatable bonds is 7. The summed E-state index contributed by atoms with van der Waals surface area (Å²) in [5.74, 6) is 1.53. The smallest absolute Gasteiger partial charge is 0.236 e. The number of hydrogen-bond acceptors (Lipinski definition) is 6. The van der Waals surface area contributed by atoms with E-state index in [9.17, 15) is 4.79 Å². The molecule has 1 amide bonds. The average molecular weight is 275 g/mol. The van der Waals surface area contributed by atoms with Gasteiger partial charge in [0.05, 0.1) is 12.4 Å². The summed E-state index contributed by atoms with van der Waals surface area (Å²) in [6, 6.07) is 0. The lowest BCUT2D eigenvalue weighted by molar-refractivity contribution is -0.113. The number of methoxy groups -OCH3 is 1. The molecule has 0 spiro atoms. The number of nitrogens with one attached hydrogen (secondary N) is 1. The number of anilines is 1. The predicted molar refractivity (Wildman–Crippen MR) is 71.8 cm³/mol. The number of hydrogen-bond donors (Lipinski definition) is 1. The van der Waals surface area contributed by atoms with Crippen LogP contribution in [0.5, 0.6) is 0 Å². The van der Waals surface area contributed by atoms with Crippen LogP contribution >= 0.6 is 23.1 Å². The second kappa shape index (κ2) is 7.62. The van der Waals surface area contributed by atoms with E-state index in [4.69, 9.17) is 4.74 Å². The minimum Gasteiger partial charge on any atom is -0.384 e. The van der Waals surface area contributed by atoms with Gasteiger partial charge in [-0.15, -0.1) is 22.0 Å². The van der Waals surface area contributed by atoms with E-state index in [-0.39, 0.29) is 5.91 Å². The van der Waals surface area contributed by atoms with E-state index in [0.717, 1.165) is 10.8 Å². The van der Waals surface area contributed by atoms with Crippen molar-refractivity contribution in [3.8, 4) is 0 Å². The lowest BCUT2D eigenvalue weighted by Gasteiger charge is -2.00. The second-order valence-corrected chi connectivity index (χ2v) is 5.81. The monoisotopic (exact) mass is 275 g/mol. The van der Waals surface area contributed by atoms with Crippen LogP contribution in [0.3, 0.4) is 0 Å². The van der Waals surface area contributed by atoms with Crippen molar-refractivity contribution in [1.82, 2.24) is 10.2 Å². The van der Waals surface area contributed by atoms with Crippen molar-refractivity contribution in [1.29, 1.82) is 0 Å². The van der Waals surface area contributed by atoms with E-state index in [2.05, 4.69) is 15.5 Å². The maximum atomic E-state index is 11.5. The van der Waals surface area contributed by atoms with Gasteiger partial charge in [0.25, 0.3) is 0 Å². The molecule has 0 radical (unpaired) electrons. The summed E-state index contributed by atoms with van der Waals surface area (Å²) < 4.78 is 4.90. The van der Waals surface area contributed by atoms with Gasteiger partial charge in [-0.3, -0.25) is 10.1 Å². The predicted octanol–water partition coefficient (Wildman–Crippen LogP) is 1.98. The molecule has 0 aromatic carbocycles. The molecule has 0 saturated heterocycles. The molecular formula is C10H17N3O2S2. The number of carbonyl (C=O) groups is 1. The normalized spacial score (nSPS) is 10.8. The van der Waals surface area contributed by atoms with Gasteiger partial charge in [-0.2, -0.15) is 0 Å². The Labute approximate surface area is 109 Å². The number of carbonyl (C=O) groups excluding carboxylic acids is 1. The fourth-order valence-corrected chi connectivity index (χ4v) is 2.43. The van der Waals surface area contributed by atoms with Gasteiger partial charge < -0.3 is 4.74 Å². The van der Waals surface area contributed by atoms with Gasteiger partial charge in [0.2, 0.25) is 11.0 Å². The van der Waals surface area contributed by atoms with E-state index in [1.807, 2.05) is 13.8 Å². The Bertz CT molecular complexity index is 355. The zero-order valence-electron chi connectivity index (χ0n) is 10.2. The van der Waals surface area contributed by atoms with Gasteiger partial charge in [-0.05, 0) is 0 Å². The van der Waals surface area contributed by atoms with Crippen LogP contribution in [0.1, 0.15) is 24.8 Å². The van der Waals surface area contributed by atoms with Crippen LogP contribution in [0.15, 0.2) is 0 Å². The number of aromatic nitrogens is 2. The van der Waals surface area contributed by atoms with Crippen LogP contribution in [0.4, 0.5) is 5.13 Å². The molecule has 0 aliphatic carbocycles. The van der Waals surface area contributed by atoms with Crippen molar-refractivity contribution in [2.45, 2.75) is 19.8 Å². The molecule has 0 atom stereocenters. The van der Waals surface area contributed by atoms with E-state index < -0.39 is 0 Å². The third-order valence-corrected chi connectivity index (χ3v) is 3.91. The summed E-state index contributed by atoms with van der Waals surface area (Å²) in [6.45, 7) is 4.76. The number of thioether (sulfide) groups is 1. The Morgan fingerprint density at radius 2 is 2.29 bits per heavy atom. The maximum absolute atomic E-state index is 11.5. The number of ether oxygens (including phenoxy) is 1. The lowest BCUT2D eigenvalue weighted by atomic mass is 10.2. The van der Waals surface area contributed by atoms with Crippen LogP contribution < -0.4 is 5.32 Å². The van der Waals surface area contributed by atoms with Crippen LogP contribution in [0.25, 0.3) is 0 Å². The second-order valence-electron chi connectivity index (χ2n) is 3.69. The van der Waals surface area contributed by atoms with Gasteiger partial charge >= 0.3 is 0 Å². The van der Waals surface area contributed by atoms with Gasteiger partial charge in [-0.1, -0.05) is 25.2 Å². The average Bonchev–Trinajstić information content (AvgIpc) is 2.73. The molecule has 17 heavy (non-hydrogen) atoms. The first kappa shape index (κ1) is 14.4. The van der Waals surface area contributed by atoms with Crippen molar-refractivity contribution in [2.75, 3.05) is 30.5 Å². The molecule has 0 bridgehead atoms. The molecule has 0 aliphatic rings. The van der Waals surface area contributed by atoms with Crippen molar-refractivity contribution in [3.05, 3.63) is 5.01 Å². The summed E-state index contributed by atoms with van der Waals surface area (Å²) in [7, 11) is 1.65. The molecule has 0 fully saturated rings. The Hall–Kier alpha value is -0.660. The summed E-state index contributed by atoms with van der Waals surface area (Å²) in [5, 5.41) is 12.2. The Morgan fingerprint density at radius 1 is 1.53 bits per heavy atom. The SMILES string of the molecule is COCCSCC(=O)Nc1nnc(C(C)C)s1. The highest BCUT2D eigenvalue weighted by Crippen LogP contribution is 2.22. The zero-order chi connectivity index (χ0) is 12.7. The molecule has 5 nitrogen and oxygen atoms in total. The molecule has 1 aromatic rings. The topological polar surface area (TPSA) is 64.1 Å². The highest BCUT2D eigenvalue weighted by molar-refractivity contribution is 7.99. The summed E-state index contributed by atoms with van der Waals surface area (Å²) in [5.41, 5.74) is 0. The fraction of sp³-hybridized carbons (Fsp3) is 0.700. The van der Waals surface area contributed by atoms with Crippen LogP contribution in [0, 0.1) is 0 Å². The molecule has 0 aliphatic heterocycles. The third-order valence-electron chi connectivity index (χ3n) is 1.85. The van der Waals surface area contributed by atoms with Gasteiger partial charge in [-0.25, -0.2) is 0 Å². The molecule has 96 valence electrons. The largest absolute Gasteiger partial charge is 0.384 e. The highest BCUT2D eigenvalue weighted by Gasteiger charge is 2.10. The summed E-state index contributed by atoms with van der Waals surface area (Å²) in [6.07, 6.45) is 0. The Morgan fingerprint density at radius 3 is 2.88 bits per heavy atom. The first-order valence-corrected chi connectivity index (χ1v) is 7.30. The van der Waals surface area contributed by atoms with Crippen molar-refractivity contribution >= 4 is 34.1 Å². The zero-order valence-corrected chi connectivity index (χ0v) is 11.9. The van der Waals surface area contributed by atoms with Crippen molar-refractivity contribution < 1.29 is 9.53 Å². The molecular weight excluding hydrogens is 258 g/mol. The third kappa shape index (κ3) is 5.47. The molecule has 0 unspecified atom stereocenters. The number of nitrogens with zero attached hydrogens (tertiary/aromatic N) is 2. The first-order chi connectivity index (χ1) is 8.13. The molecule has 1 rings (SSSR count). The summed E-state index contributed by atoms with van der Waals surface area (Å²) >= 11 is 2.96. The van der Waals surface area contributed by atoms with E-state index in [0.29, 0.717) is 23.4 Å². The number of amides is 1.